The highest BCUT2D eigenvalue weighted by atomic mass is 15.2. The number of fused-ring (bicyclic) bond motifs is 6. The van der Waals surface area contributed by atoms with Crippen LogP contribution in [0.2, 0.25) is 0 Å². The second-order valence-corrected chi connectivity index (χ2v) is 6.73. The van der Waals surface area contributed by atoms with E-state index in [1.165, 1.54) is 45.0 Å². The molecule has 0 amide bonds. The van der Waals surface area contributed by atoms with Gasteiger partial charge in [0.15, 0.2) is 5.52 Å². The van der Waals surface area contributed by atoms with Gasteiger partial charge in [0.05, 0.1) is 19.7 Å². The Balaban J connectivity index is 1.85. The molecule has 0 spiro atoms. The van der Waals surface area contributed by atoms with Crippen molar-refractivity contribution in [1.82, 2.24) is 9.55 Å². The van der Waals surface area contributed by atoms with E-state index in [0.29, 0.717) is 0 Å². The Bertz CT molecular complexity index is 1020. The summed E-state index contributed by atoms with van der Waals surface area (Å²) >= 11 is 0. The van der Waals surface area contributed by atoms with Crippen molar-refractivity contribution >= 4 is 16.9 Å². The molecule has 0 bridgehead atoms. The molecule has 1 aliphatic carbocycles. The normalized spacial score (nSPS) is 15.3. The molecule has 0 N–H and O–H groups in total. The van der Waals surface area contributed by atoms with Crippen LogP contribution in [0.25, 0.3) is 16.9 Å². The number of aryl methyl sites for hydroxylation is 2. The summed E-state index contributed by atoms with van der Waals surface area (Å²) in [6.07, 6.45) is 5.27. The number of pyridine rings is 1. The van der Waals surface area contributed by atoms with E-state index in [-0.39, 0.29) is 0 Å². The fourth-order valence-electron chi connectivity index (χ4n) is 4.38. The largest absolute Gasteiger partial charge is 0.314 e. The Morgan fingerprint density at radius 2 is 2.09 bits per heavy atom. The predicted octanol–water partition coefficient (Wildman–Crippen LogP) is 3.10. The van der Waals surface area contributed by atoms with Gasteiger partial charge >= 0.3 is 5.65 Å². The van der Waals surface area contributed by atoms with Crippen LogP contribution in [0.1, 0.15) is 35.0 Å². The van der Waals surface area contributed by atoms with E-state index < -0.39 is 0 Å². The van der Waals surface area contributed by atoms with Gasteiger partial charge in [0.2, 0.25) is 5.82 Å². The maximum Gasteiger partial charge on any atom is 0.314 e. The van der Waals surface area contributed by atoms with E-state index in [4.69, 9.17) is 4.98 Å². The molecule has 0 fully saturated rings. The third-order valence-corrected chi connectivity index (χ3v) is 5.46. The van der Waals surface area contributed by atoms with Crippen LogP contribution in [0.15, 0.2) is 36.0 Å². The van der Waals surface area contributed by atoms with Gasteiger partial charge in [-0.2, -0.15) is 4.57 Å². The summed E-state index contributed by atoms with van der Waals surface area (Å²) in [5.74, 6) is 1.19. The number of nitrogens with zero attached hydrogens (tertiary/aromatic N) is 3. The van der Waals surface area contributed by atoms with Crippen molar-refractivity contribution in [2.45, 2.75) is 33.1 Å². The Hall–Kier alpha value is -2.42. The zero-order valence-corrected chi connectivity index (χ0v) is 13.8. The summed E-state index contributed by atoms with van der Waals surface area (Å²) in [6.45, 7) is 4.52. The smallest absolute Gasteiger partial charge is 0.235 e. The molecule has 3 nitrogen and oxygen atoms in total. The predicted molar refractivity (Wildman–Crippen MR) is 91.2 cm³/mol. The molecular weight excluding hydrogens is 282 g/mol. The third-order valence-electron chi connectivity index (χ3n) is 5.46. The van der Waals surface area contributed by atoms with Crippen molar-refractivity contribution in [2.75, 3.05) is 0 Å². The van der Waals surface area contributed by atoms with Crippen LogP contribution >= 0.6 is 0 Å². The molecule has 0 radical (unpaired) electrons. The average Bonchev–Trinajstić information content (AvgIpc) is 3.14. The van der Waals surface area contributed by atoms with E-state index in [2.05, 4.69) is 60.5 Å². The summed E-state index contributed by atoms with van der Waals surface area (Å²) in [6, 6.07) is 8.83. The summed E-state index contributed by atoms with van der Waals surface area (Å²) in [7, 11) is 2.11. The highest BCUT2D eigenvalue weighted by Crippen LogP contribution is 2.44. The van der Waals surface area contributed by atoms with Crippen molar-refractivity contribution in [1.29, 1.82) is 0 Å². The van der Waals surface area contributed by atoms with Crippen LogP contribution in [0.4, 0.5) is 0 Å². The second-order valence-electron chi connectivity index (χ2n) is 6.73. The van der Waals surface area contributed by atoms with Crippen LogP contribution < -0.4 is 4.57 Å². The topological polar surface area (TPSA) is 21.7 Å². The zero-order chi connectivity index (χ0) is 15.7. The summed E-state index contributed by atoms with van der Waals surface area (Å²) in [5, 5.41) is 0. The molecule has 114 valence electrons. The van der Waals surface area contributed by atoms with Gasteiger partial charge in [0, 0.05) is 5.56 Å². The van der Waals surface area contributed by atoms with Gasteiger partial charge in [0.25, 0.3) is 0 Å². The van der Waals surface area contributed by atoms with Crippen molar-refractivity contribution < 1.29 is 4.57 Å². The van der Waals surface area contributed by atoms with Crippen LogP contribution in [-0.2, 0) is 26.3 Å². The van der Waals surface area contributed by atoms with Crippen LogP contribution in [0.3, 0.4) is 0 Å². The first-order valence-corrected chi connectivity index (χ1v) is 8.39. The van der Waals surface area contributed by atoms with Crippen LogP contribution in [0.5, 0.6) is 0 Å². The monoisotopic (exact) mass is 302 g/mol. The number of hydrogen-bond acceptors (Lipinski definition) is 1. The molecular formula is C20H20N3+. The number of benzene rings is 1. The third kappa shape index (κ3) is 1.55. The van der Waals surface area contributed by atoms with Gasteiger partial charge in [-0.15, -0.1) is 0 Å². The molecule has 2 aliphatic rings. The minimum atomic E-state index is 0.986. The first-order valence-electron chi connectivity index (χ1n) is 8.39. The van der Waals surface area contributed by atoms with E-state index in [9.17, 15) is 0 Å². The number of imidazole rings is 1. The summed E-state index contributed by atoms with van der Waals surface area (Å²) < 4.78 is 4.60. The lowest BCUT2D eigenvalue weighted by Gasteiger charge is -2.11. The summed E-state index contributed by atoms with van der Waals surface area (Å²) in [5.41, 5.74) is 11.1. The minimum Gasteiger partial charge on any atom is -0.235 e. The highest BCUT2D eigenvalue weighted by Gasteiger charge is 2.39. The first kappa shape index (κ1) is 13.1. The molecule has 3 heterocycles. The van der Waals surface area contributed by atoms with E-state index in [1.807, 2.05) is 0 Å². The Morgan fingerprint density at radius 1 is 1.22 bits per heavy atom. The van der Waals surface area contributed by atoms with Crippen molar-refractivity contribution in [2.24, 2.45) is 7.05 Å². The fraction of sp³-hybridized carbons (Fsp3) is 0.300. The number of hydrogen-bond donors (Lipinski definition) is 0. The van der Waals surface area contributed by atoms with Crippen molar-refractivity contribution in [3.8, 4) is 0 Å². The molecule has 1 aromatic carbocycles. The Labute approximate surface area is 135 Å². The molecule has 0 saturated carbocycles. The first-order chi connectivity index (χ1) is 11.2. The lowest BCUT2D eigenvalue weighted by molar-refractivity contribution is -0.647. The zero-order valence-electron chi connectivity index (χ0n) is 13.8. The molecule has 0 saturated heterocycles. The molecule has 0 atom stereocenters. The molecule has 3 aromatic rings. The molecule has 5 rings (SSSR count). The maximum absolute atomic E-state index is 4.88. The van der Waals surface area contributed by atoms with Crippen molar-refractivity contribution in [3.05, 3.63) is 64.1 Å². The van der Waals surface area contributed by atoms with E-state index >= 15 is 0 Å². The van der Waals surface area contributed by atoms with E-state index in [1.54, 1.807) is 0 Å². The van der Waals surface area contributed by atoms with Gasteiger partial charge in [-0.1, -0.05) is 19.1 Å². The quantitative estimate of drug-likeness (QED) is 0.633. The SMILES string of the molecule is CCc1ccc2c(c1C)C1=C(C2)Cc2nc3ccc[n+](C)c3n21. The minimum absolute atomic E-state index is 0.986. The number of allylic oxidation sites excluding steroid dienone is 1. The van der Waals surface area contributed by atoms with Crippen LogP contribution in [0, 0.1) is 6.92 Å². The average molecular weight is 302 g/mol. The molecule has 1 aliphatic heterocycles. The maximum atomic E-state index is 4.88. The van der Waals surface area contributed by atoms with Gasteiger partial charge in [-0.3, -0.25) is 0 Å². The molecule has 2 aromatic heterocycles. The van der Waals surface area contributed by atoms with E-state index in [0.717, 1.165) is 24.8 Å². The molecule has 23 heavy (non-hydrogen) atoms. The molecule has 3 heteroatoms. The lowest BCUT2D eigenvalue weighted by atomic mass is 9.96. The Kier molecular flexibility index (Phi) is 2.45. The van der Waals surface area contributed by atoms with Gasteiger partial charge < -0.3 is 0 Å². The highest BCUT2D eigenvalue weighted by molar-refractivity contribution is 5.87. The van der Waals surface area contributed by atoms with Gasteiger partial charge in [-0.25, -0.2) is 9.55 Å². The Morgan fingerprint density at radius 3 is 2.91 bits per heavy atom. The molecule has 0 unspecified atom stereocenters. The van der Waals surface area contributed by atoms with Gasteiger partial charge in [0.1, 0.15) is 5.70 Å². The fourth-order valence-corrected chi connectivity index (χ4v) is 4.38. The standard InChI is InChI=1S/C20H20N3/c1-4-13-7-8-14-10-15-11-17-21-16-6-5-9-22(3)20(16)23(17)19(15)18(14)12(13)2/h5-9H,4,10-11H2,1-3H3/q+1. The van der Waals surface area contributed by atoms with Crippen molar-refractivity contribution in [3.63, 3.8) is 0 Å². The summed E-state index contributed by atoms with van der Waals surface area (Å²) in [4.78, 5) is 4.88. The number of aromatic nitrogens is 3. The second kappa shape index (κ2) is 4.31. The van der Waals surface area contributed by atoms with Gasteiger partial charge in [-0.05, 0) is 54.2 Å². The lowest BCUT2D eigenvalue weighted by Crippen LogP contribution is -2.30. The van der Waals surface area contributed by atoms with Crippen LogP contribution in [-0.4, -0.2) is 9.55 Å². The number of rotatable bonds is 1.